The van der Waals surface area contributed by atoms with E-state index in [1.165, 1.54) is 3.57 Å². The van der Waals surface area contributed by atoms with Gasteiger partial charge in [0.2, 0.25) is 0 Å². The van der Waals surface area contributed by atoms with Gasteiger partial charge in [0.05, 0.1) is 0 Å². The molecule has 0 aromatic heterocycles. The molecule has 82 valence electrons. The van der Waals surface area contributed by atoms with E-state index in [1.54, 1.807) is 0 Å². The molecular weight excluding hydrogens is 320 g/mol. The molecule has 3 heteroatoms. The van der Waals surface area contributed by atoms with E-state index < -0.39 is 0 Å². The Morgan fingerprint density at radius 3 is 2.93 bits per heavy atom. The number of unbranched alkanes of at least 4 members (excludes halogenated alkanes) is 1. The Labute approximate surface area is 110 Å². The molecule has 0 saturated carbocycles. The van der Waals surface area contributed by atoms with Crippen LogP contribution in [0.2, 0.25) is 5.02 Å². The van der Waals surface area contributed by atoms with Gasteiger partial charge in [-0.25, -0.2) is 0 Å². The molecule has 0 aliphatic rings. The van der Waals surface area contributed by atoms with Gasteiger partial charge in [0.15, 0.2) is 0 Å². The maximum Gasteiger partial charge on any atom is 0.0410 e. The highest BCUT2D eigenvalue weighted by molar-refractivity contribution is 14.1. The average Bonchev–Trinajstić information content (AvgIpc) is 2.22. The van der Waals surface area contributed by atoms with Crippen LogP contribution in [0.5, 0.6) is 0 Å². The molecule has 1 rings (SSSR count). The van der Waals surface area contributed by atoms with Crippen LogP contribution in [-0.2, 0) is 0 Å². The van der Waals surface area contributed by atoms with Gasteiger partial charge < -0.3 is 5.73 Å². The van der Waals surface area contributed by atoms with Crippen molar-refractivity contribution in [3.8, 4) is 0 Å². The fourth-order valence-corrected chi connectivity index (χ4v) is 2.35. The standard InChI is InChI=1S/C12H15ClIN/c1-2-3-4-5-12(15)10-8-9(13)6-7-11(10)14/h2,6-8,12H,1,3-5,15H2. The maximum atomic E-state index is 6.11. The first kappa shape index (κ1) is 13.0. The van der Waals surface area contributed by atoms with E-state index in [0.29, 0.717) is 0 Å². The number of hydrogen-bond acceptors (Lipinski definition) is 1. The summed E-state index contributed by atoms with van der Waals surface area (Å²) >= 11 is 8.24. The van der Waals surface area contributed by atoms with Crippen LogP contribution < -0.4 is 5.73 Å². The lowest BCUT2D eigenvalue weighted by molar-refractivity contribution is 0.615. The molecule has 0 saturated heterocycles. The van der Waals surface area contributed by atoms with Crippen LogP contribution >= 0.6 is 34.2 Å². The Hall–Kier alpha value is -0.0600. The molecule has 1 aromatic rings. The fourth-order valence-electron chi connectivity index (χ4n) is 1.44. The summed E-state index contributed by atoms with van der Waals surface area (Å²) in [5.41, 5.74) is 7.25. The molecule has 0 spiro atoms. The third-order valence-electron chi connectivity index (χ3n) is 2.28. The van der Waals surface area contributed by atoms with Gasteiger partial charge in [-0.2, -0.15) is 0 Å². The first-order valence-corrected chi connectivity index (χ1v) is 6.42. The van der Waals surface area contributed by atoms with E-state index in [4.69, 9.17) is 17.3 Å². The van der Waals surface area contributed by atoms with Crippen LogP contribution in [0, 0.1) is 3.57 Å². The second-order valence-electron chi connectivity index (χ2n) is 3.49. The van der Waals surface area contributed by atoms with Crippen LogP contribution in [0.1, 0.15) is 30.9 Å². The highest BCUT2D eigenvalue weighted by atomic mass is 127. The lowest BCUT2D eigenvalue weighted by Crippen LogP contribution is -2.11. The van der Waals surface area contributed by atoms with Crippen LogP contribution in [-0.4, -0.2) is 0 Å². The summed E-state index contributed by atoms with van der Waals surface area (Å²) in [5, 5.41) is 0.754. The maximum absolute atomic E-state index is 6.11. The summed E-state index contributed by atoms with van der Waals surface area (Å²) in [7, 11) is 0. The molecule has 0 radical (unpaired) electrons. The van der Waals surface area contributed by atoms with Crippen molar-refractivity contribution in [2.75, 3.05) is 0 Å². The minimum absolute atomic E-state index is 0.0792. The molecule has 2 N–H and O–H groups in total. The van der Waals surface area contributed by atoms with Gasteiger partial charge in [-0.3, -0.25) is 0 Å². The number of hydrogen-bond donors (Lipinski definition) is 1. The molecule has 0 amide bonds. The zero-order valence-electron chi connectivity index (χ0n) is 8.55. The molecular formula is C12H15ClIN. The second-order valence-corrected chi connectivity index (χ2v) is 5.09. The van der Waals surface area contributed by atoms with Gasteiger partial charge in [0, 0.05) is 14.6 Å². The SMILES string of the molecule is C=CCCCC(N)c1cc(Cl)ccc1I. The first-order valence-electron chi connectivity index (χ1n) is 4.96. The summed E-state index contributed by atoms with van der Waals surface area (Å²) in [4.78, 5) is 0. The van der Waals surface area contributed by atoms with Crippen molar-refractivity contribution in [3.63, 3.8) is 0 Å². The summed E-state index contributed by atoms with van der Waals surface area (Å²) in [6.07, 6.45) is 5.00. The van der Waals surface area contributed by atoms with Crippen LogP contribution in [0.3, 0.4) is 0 Å². The third kappa shape index (κ3) is 4.13. The average molecular weight is 336 g/mol. The molecule has 1 aromatic carbocycles. The van der Waals surface area contributed by atoms with E-state index >= 15 is 0 Å². The Balaban J connectivity index is 2.67. The lowest BCUT2D eigenvalue weighted by Gasteiger charge is -2.13. The number of nitrogens with two attached hydrogens (primary N) is 1. The minimum atomic E-state index is 0.0792. The van der Waals surface area contributed by atoms with Crippen molar-refractivity contribution in [2.24, 2.45) is 5.73 Å². The highest BCUT2D eigenvalue weighted by Crippen LogP contribution is 2.25. The molecule has 0 bridgehead atoms. The molecule has 0 heterocycles. The van der Waals surface area contributed by atoms with Crippen molar-refractivity contribution < 1.29 is 0 Å². The molecule has 0 fully saturated rings. The summed E-state index contributed by atoms with van der Waals surface area (Å²) in [6, 6.07) is 5.94. The monoisotopic (exact) mass is 335 g/mol. The Morgan fingerprint density at radius 1 is 1.53 bits per heavy atom. The normalized spacial score (nSPS) is 12.5. The van der Waals surface area contributed by atoms with Crippen molar-refractivity contribution in [2.45, 2.75) is 25.3 Å². The van der Waals surface area contributed by atoms with Crippen LogP contribution in [0.15, 0.2) is 30.9 Å². The smallest absolute Gasteiger partial charge is 0.0410 e. The molecule has 1 unspecified atom stereocenters. The second kappa shape index (κ2) is 6.51. The molecule has 1 nitrogen and oxygen atoms in total. The summed E-state index contributed by atoms with van der Waals surface area (Å²) in [5.74, 6) is 0. The van der Waals surface area contributed by atoms with Gasteiger partial charge >= 0.3 is 0 Å². The van der Waals surface area contributed by atoms with E-state index in [0.717, 1.165) is 29.8 Å². The number of allylic oxidation sites excluding steroid dienone is 1. The topological polar surface area (TPSA) is 26.0 Å². The Bertz CT molecular complexity index is 338. The number of halogens is 2. The predicted molar refractivity (Wildman–Crippen MR) is 75.1 cm³/mol. The first-order chi connectivity index (χ1) is 7.15. The zero-order chi connectivity index (χ0) is 11.3. The molecule has 0 aliphatic carbocycles. The van der Waals surface area contributed by atoms with Crippen molar-refractivity contribution in [1.82, 2.24) is 0 Å². The predicted octanol–water partition coefficient (Wildman–Crippen LogP) is 4.30. The molecule has 15 heavy (non-hydrogen) atoms. The summed E-state index contributed by atoms with van der Waals surface area (Å²) < 4.78 is 1.18. The highest BCUT2D eigenvalue weighted by Gasteiger charge is 2.09. The van der Waals surface area contributed by atoms with Crippen LogP contribution in [0.4, 0.5) is 0 Å². The van der Waals surface area contributed by atoms with E-state index in [1.807, 2.05) is 24.3 Å². The van der Waals surface area contributed by atoms with E-state index in [2.05, 4.69) is 29.2 Å². The third-order valence-corrected chi connectivity index (χ3v) is 3.50. The van der Waals surface area contributed by atoms with Gasteiger partial charge in [-0.15, -0.1) is 6.58 Å². The van der Waals surface area contributed by atoms with Gasteiger partial charge in [-0.05, 0) is 65.6 Å². The van der Waals surface area contributed by atoms with Crippen molar-refractivity contribution >= 4 is 34.2 Å². The largest absolute Gasteiger partial charge is 0.324 e. The molecule has 1 atom stereocenters. The number of rotatable bonds is 5. The Kier molecular flexibility index (Phi) is 5.64. The zero-order valence-corrected chi connectivity index (χ0v) is 11.5. The minimum Gasteiger partial charge on any atom is -0.324 e. The van der Waals surface area contributed by atoms with Crippen LogP contribution in [0.25, 0.3) is 0 Å². The Morgan fingerprint density at radius 2 is 2.27 bits per heavy atom. The van der Waals surface area contributed by atoms with Gasteiger partial charge in [0.1, 0.15) is 0 Å². The fraction of sp³-hybridized carbons (Fsp3) is 0.333. The van der Waals surface area contributed by atoms with E-state index in [9.17, 15) is 0 Å². The lowest BCUT2D eigenvalue weighted by atomic mass is 10.0. The molecule has 0 aliphatic heterocycles. The van der Waals surface area contributed by atoms with Gasteiger partial charge in [-0.1, -0.05) is 17.7 Å². The number of benzene rings is 1. The quantitative estimate of drug-likeness (QED) is 0.484. The summed E-state index contributed by atoms with van der Waals surface area (Å²) in [6.45, 7) is 3.70. The van der Waals surface area contributed by atoms with Crippen molar-refractivity contribution in [3.05, 3.63) is 45.0 Å². The van der Waals surface area contributed by atoms with Crippen molar-refractivity contribution in [1.29, 1.82) is 0 Å². The van der Waals surface area contributed by atoms with Gasteiger partial charge in [0.25, 0.3) is 0 Å². The van der Waals surface area contributed by atoms with E-state index in [-0.39, 0.29) is 6.04 Å².